The molecule has 14 heavy (non-hydrogen) atoms. The van der Waals surface area contributed by atoms with E-state index in [1.54, 1.807) is 24.1 Å². The van der Waals surface area contributed by atoms with Gasteiger partial charge in [0.1, 0.15) is 0 Å². The number of rotatable bonds is 3. The number of carbonyl (C=O) groups excluding carboxylic acids is 1. The van der Waals surface area contributed by atoms with Crippen LogP contribution in [0.3, 0.4) is 0 Å². The monoisotopic (exact) mass is 188 g/mol. The van der Waals surface area contributed by atoms with Crippen LogP contribution in [0.2, 0.25) is 0 Å². The Morgan fingerprint density at radius 2 is 2.07 bits per heavy atom. The summed E-state index contributed by atoms with van der Waals surface area (Å²) in [5.74, 6) is -0.0409. The molecule has 0 aliphatic heterocycles. The first-order chi connectivity index (χ1) is 6.75. The predicted molar refractivity (Wildman–Crippen MR) is 53.6 cm³/mol. The number of amides is 1. The van der Waals surface area contributed by atoms with Gasteiger partial charge in [-0.3, -0.25) is 4.79 Å². The number of benzene rings is 1. The maximum Gasteiger partial charge on any atom is 0.253 e. The highest BCUT2D eigenvalue weighted by Gasteiger charge is 2.09. The van der Waals surface area contributed by atoms with Crippen molar-refractivity contribution in [3.05, 3.63) is 35.9 Å². The van der Waals surface area contributed by atoms with Crippen LogP contribution in [0.4, 0.5) is 0 Å². The van der Waals surface area contributed by atoms with Crippen LogP contribution in [0, 0.1) is 11.3 Å². The van der Waals surface area contributed by atoms with Gasteiger partial charge in [0.15, 0.2) is 0 Å². The first kappa shape index (κ1) is 10.3. The van der Waals surface area contributed by atoms with Crippen molar-refractivity contribution in [2.24, 2.45) is 0 Å². The summed E-state index contributed by atoms with van der Waals surface area (Å²) in [5.41, 5.74) is 0.660. The van der Waals surface area contributed by atoms with Crippen molar-refractivity contribution in [1.29, 1.82) is 5.26 Å². The molecule has 0 heterocycles. The normalized spacial score (nSPS) is 9.14. The van der Waals surface area contributed by atoms with E-state index in [1.807, 2.05) is 24.3 Å². The summed E-state index contributed by atoms with van der Waals surface area (Å²) in [6.45, 7) is 0.476. The van der Waals surface area contributed by atoms with Gasteiger partial charge in [-0.05, 0) is 12.1 Å². The zero-order chi connectivity index (χ0) is 10.4. The van der Waals surface area contributed by atoms with Crippen LogP contribution in [0.5, 0.6) is 0 Å². The number of nitrogens with zero attached hydrogens (tertiary/aromatic N) is 2. The van der Waals surface area contributed by atoms with Gasteiger partial charge < -0.3 is 4.90 Å². The standard InChI is InChI=1S/C11H12N2O/c1-13(9-5-8-12)11(14)10-6-3-2-4-7-10/h2-4,6-7H,5,9H2,1H3. The quantitative estimate of drug-likeness (QED) is 0.724. The van der Waals surface area contributed by atoms with E-state index in [0.29, 0.717) is 18.5 Å². The number of carbonyl (C=O) groups is 1. The van der Waals surface area contributed by atoms with E-state index >= 15 is 0 Å². The fraction of sp³-hybridized carbons (Fsp3) is 0.273. The summed E-state index contributed by atoms with van der Waals surface area (Å²) >= 11 is 0. The number of hydrogen-bond acceptors (Lipinski definition) is 2. The molecule has 0 fully saturated rings. The summed E-state index contributed by atoms with van der Waals surface area (Å²) in [4.78, 5) is 13.2. The highest BCUT2D eigenvalue weighted by atomic mass is 16.2. The number of nitriles is 1. The first-order valence-electron chi connectivity index (χ1n) is 4.43. The Bertz CT molecular complexity index is 340. The smallest absolute Gasteiger partial charge is 0.253 e. The lowest BCUT2D eigenvalue weighted by atomic mass is 10.2. The molecule has 0 spiro atoms. The Kier molecular flexibility index (Phi) is 3.69. The van der Waals surface area contributed by atoms with Crippen LogP contribution >= 0.6 is 0 Å². The third kappa shape index (κ3) is 2.60. The van der Waals surface area contributed by atoms with Gasteiger partial charge in [-0.25, -0.2) is 0 Å². The maximum absolute atomic E-state index is 11.7. The molecule has 0 atom stereocenters. The summed E-state index contributed by atoms with van der Waals surface area (Å²) in [5, 5.41) is 8.38. The van der Waals surface area contributed by atoms with Crippen molar-refractivity contribution >= 4 is 5.91 Å². The first-order valence-corrected chi connectivity index (χ1v) is 4.43. The Morgan fingerprint density at radius 3 is 2.64 bits per heavy atom. The molecule has 0 radical (unpaired) electrons. The fourth-order valence-corrected chi connectivity index (χ4v) is 1.12. The average molecular weight is 188 g/mol. The van der Waals surface area contributed by atoms with E-state index in [2.05, 4.69) is 0 Å². The lowest BCUT2D eigenvalue weighted by Crippen LogP contribution is -2.27. The minimum atomic E-state index is -0.0409. The van der Waals surface area contributed by atoms with Gasteiger partial charge in [0.25, 0.3) is 5.91 Å². The second kappa shape index (κ2) is 5.03. The molecular weight excluding hydrogens is 176 g/mol. The summed E-state index contributed by atoms with van der Waals surface area (Å²) in [6.07, 6.45) is 0.370. The van der Waals surface area contributed by atoms with E-state index in [9.17, 15) is 4.79 Å². The van der Waals surface area contributed by atoms with Crippen LogP contribution in [0.1, 0.15) is 16.8 Å². The van der Waals surface area contributed by atoms with Crippen LogP contribution in [-0.4, -0.2) is 24.4 Å². The van der Waals surface area contributed by atoms with Gasteiger partial charge >= 0.3 is 0 Å². The van der Waals surface area contributed by atoms with Gasteiger partial charge in [0.2, 0.25) is 0 Å². The van der Waals surface area contributed by atoms with Crippen LogP contribution < -0.4 is 0 Å². The van der Waals surface area contributed by atoms with Crippen molar-refractivity contribution in [3.63, 3.8) is 0 Å². The van der Waals surface area contributed by atoms with Crippen molar-refractivity contribution in [2.75, 3.05) is 13.6 Å². The van der Waals surface area contributed by atoms with Gasteiger partial charge in [0.05, 0.1) is 12.5 Å². The molecule has 0 saturated heterocycles. The zero-order valence-electron chi connectivity index (χ0n) is 8.10. The van der Waals surface area contributed by atoms with Crippen LogP contribution in [0.15, 0.2) is 30.3 Å². The maximum atomic E-state index is 11.7. The molecular formula is C11H12N2O. The van der Waals surface area contributed by atoms with Gasteiger partial charge in [-0.15, -0.1) is 0 Å². The van der Waals surface area contributed by atoms with Crippen molar-refractivity contribution in [3.8, 4) is 6.07 Å². The summed E-state index contributed by atoms with van der Waals surface area (Å²) in [6, 6.07) is 11.1. The van der Waals surface area contributed by atoms with E-state index in [0.717, 1.165) is 0 Å². The lowest BCUT2D eigenvalue weighted by molar-refractivity contribution is 0.0798. The van der Waals surface area contributed by atoms with Gasteiger partial charge in [-0.1, -0.05) is 18.2 Å². The van der Waals surface area contributed by atoms with E-state index in [1.165, 1.54) is 0 Å². The largest absolute Gasteiger partial charge is 0.341 e. The van der Waals surface area contributed by atoms with Crippen LogP contribution in [0.25, 0.3) is 0 Å². The molecule has 0 aliphatic rings. The molecule has 1 aromatic rings. The number of hydrogen-bond donors (Lipinski definition) is 0. The Morgan fingerprint density at radius 1 is 1.43 bits per heavy atom. The minimum Gasteiger partial charge on any atom is -0.341 e. The SMILES string of the molecule is CN(CCC#N)C(=O)c1ccccc1. The van der Waals surface area contributed by atoms with Gasteiger partial charge in [0, 0.05) is 19.2 Å². The topological polar surface area (TPSA) is 44.1 Å². The lowest BCUT2D eigenvalue weighted by Gasteiger charge is -2.14. The molecule has 0 aromatic heterocycles. The molecule has 0 unspecified atom stereocenters. The Hall–Kier alpha value is -1.82. The van der Waals surface area contributed by atoms with Crippen LogP contribution in [-0.2, 0) is 0 Å². The Balaban J connectivity index is 2.63. The van der Waals surface area contributed by atoms with Crippen molar-refractivity contribution in [2.45, 2.75) is 6.42 Å². The summed E-state index contributed by atoms with van der Waals surface area (Å²) in [7, 11) is 1.70. The van der Waals surface area contributed by atoms with Crippen molar-refractivity contribution < 1.29 is 4.79 Å². The molecule has 0 saturated carbocycles. The van der Waals surface area contributed by atoms with E-state index < -0.39 is 0 Å². The van der Waals surface area contributed by atoms with Crippen molar-refractivity contribution in [1.82, 2.24) is 4.90 Å². The highest BCUT2D eigenvalue weighted by molar-refractivity contribution is 5.93. The Labute approximate surface area is 83.6 Å². The minimum absolute atomic E-state index is 0.0409. The zero-order valence-corrected chi connectivity index (χ0v) is 8.10. The molecule has 1 aromatic carbocycles. The average Bonchev–Trinajstić information content (AvgIpc) is 2.26. The molecule has 3 heteroatoms. The van der Waals surface area contributed by atoms with E-state index in [4.69, 9.17) is 5.26 Å². The summed E-state index contributed by atoms with van der Waals surface area (Å²) < 4.78 is 0. The van der Waals surface area contributed by atoms with E-state index in [-0.39, 0.29) is 5.91 Å². The second-order valence-electron chi connectivity index (χ2n) is 3.00. The fourth-order valence-electron chi connectivity index (χ4n) is 1.12. The molecule has 0 N–H and O–H groups in total. The highest BCUT2D eigenvalue weighted by Crippen LogP contribution is 2.02. The van der Waals surface area contributed by atoms with Gasteiger partial charge in [-0.2, -0.15) is 5.26 Å². The molecule has 3 nitrogen and oxygen atoms in total. The third-order valence-electron chi connectivity index (χ3n) is 1.93. The molecule has 0 bridgehead atoms. The molecule has 0 aliphatic carbocycles. The molecule has 72 valence electrons. The molecule has 1 amide bonds. The molecule has 1 rings (SSSR count). The third-order valence-corrected chi connectivity index (χ3v) is 1.93. The predicted octanol–water partition coefficient (Wildman–Crippen LogP) is 1.67. The second-order valence-corrected chi connectivity index (χ2v) is 3.00.